The van der Waals surface area contributed by atoms with Crippen molar-refractivity contribution in [1.82, 2.24) is 4.98 Å². The molecule has 3 heteroatoms. The summed E-state index contributed by atoms with van der Waals surface area (Å²) in [5.74, 6) is 1.45. The molecule has 0 radical (unpaired) electrons. The van der Waals surface area contributed by atoms with Crippen LogP contribution in [0.25, 0.3) is 0 Å². The second kappa shape index (κ2) is 5.85. The highest BCUT2D eigenvalue weighted by Crippen LogP contribution is 2.13. The van der Waals surface area contributed by atoms with Gasteiger partial charge in [-0.25, -0.2) is 4.98 Å². The Labute approximate surface area is 98.2 Å². The van der Waals surface area contributed by atoms with Crippen LogP contribution in [-0.2, 0) is 4.74 Å². The number of methoxy groups -OCH3 is 1. The molecule has 0 saturated heterocycles. The van der Waals surface area contributed by atoms with E-state index in [1.165, 1.54) is 5.56 Å². The van der Waals surface area contributed by atoms with E-state index < -0.39 is 0 Å². The fourth-order valence-electron chi connectivity index (χ4n) is 1.69. The summed E-state index contributed by atoms with van der Waals surface area (Å²) in [6.07, 6.45) is 0. The Morgan fingerprint density at radius 3 is 2.50 bits per heavy atom. The molecule has 1 aromatic rings. The predicted molar refractivity (Wildman–Crippen MR) is 67.8 cm³/mol. The molecule has 0 aliphatic rings. The average Bonchev–Trinajstić information content (AvgIpc) is 2.15. The van der Waals surface area contributed by atoms with Crippen molar-refractivity contribution in [2.24, 2.45) is 5.92 Å². The van der Waals surface area contributed by atoms with Crippen LogP contribution in [0.1, 0.15) is 25.1 Å². The topological polar surface area (TPSA) is 34.1 Å². The van der Waals surface area contributed by atoms with Gasteiger partial charge < -0.3 is 10.1 Å². The Morgan fingerprint density at radius 1 is 1.31 bits per heavy atom. The smallest absolute Gasteiger partial charge is 0.126 e. The van der Waals surface area contributed by atoms with Crippen molar-refractivity contribution in [3.8, 4) is 0 Å². The molecule has 1 unspecified atom stereocenters. The minimum absolute atomic E-state index is 0.304. The van der Waals surface area contributed by atoms with Crippen LogP contribution in [-0.4, -0.2) is 24.7 Å². The number of aryl methyl sites for hydroxylation is 2. The fourth-order valence-corrected chi connectivity index (χ4v) is 1.69. The Balaban J connectivity index is 2.76. The predicted octanol–water partition coefficient (Wildman–Crippen LogP) is 2.78. The van der Waals surface area contributed by atoms with Gasteiger partial charge >= 0.3 is 0 Å². The van der Waals surface area contributed by atoms with Crippen molar-refractivity contribution in [1.29, 1.82) is 0 Å². The number of anilines is 1. The van der Waals surface area contributed by atoms with Gasteiger partial charge in [-0.05, 0) is 37.5 Å². The van der Waals surface area contributed by atoms with E-state index in [2.05, 4.69) is 43.2 Å². The number of aromatic nitrogens is 1. The van der Waals surface area contributed by atoms with Gasteiger partial charge in [0.05, 0.1) is 12.6 Å². The molecule has 0 spiro atoms. The van der Waals surface area contributed by atoms with Crippen molar-refractivity contribution < 1.29 is 4.74 Å². The van der Waals surface area contributed by atoms with Crippen molar-refractivity contribution in [2.45, 2.75) is 33.7 Å². The third-order valence-corrected chi connectivity index (χ3v) is 2.58. The molecule has 0 saturated carbocycles. The lowest BCUT2D eigenvalue weighted by Gasteiger charge is -2.22. The first-order valence-electron chi connectivity index (χ1n) is 5.73. The maximum Gasteiger partial charge on any atom is 0.126 e. The standard InChI is InChI=1S/C13H22N2O/c1-9(2)12(8-16-5)15-13-7-10(3)6-11(4)14-13/h6-7,9,12H,8H2,1-5H3,(H,14,15). The molecular formula is C13H22N2O. The molecule has 0 aromatic carbocycles. The fraction of sp³-hybridized carbons (Fsp3) is 0.615. The zero-order chi connectivity index (χ0) is 12.1. The van der Waals surface area contributed by atoms with E-state index in [0.717, 1.165) is 11.5 Å². The third kappa shape index (κ3) is 3.81. The van der Waals surface area contributed by atoms with E-state index >= 15 is 0 Å². The van der Waals surface area contributed by atoms with E-state index in [1.807, 2.05) is 6.92 Å². The molecule has 0 amide bonds. The van der Waals surface area contributed by atoms with Crippen LogP contribution in [0.15, 0.2) is 12.1 Å². The number of pyridine rings is 1. The van der Waals surface area contributed by atoms with Gasteiger partial charge in [-0.3, -0.25) is 0 Å². The largest absolute Gasteiger partial charge is 0.383 e. The number of nitrogens with one attached hydrogen (secondary N) is 1. The molecule has 1 N–H and O–H groups in total. The molecule has 1 rings (SSSR count). The van der Waals surface area contributed by atoms with Crippen LogP contribution in [0.4, 0.5) is 5.82 Å². The van der Waals surface area contributed by atoms with Gasteiger partial charge in [0.25, 0.3) is 0 Å². The van der Waals surface area contributed by atoms with Gasteiger partial charge in [0.15, 0.2) is 0 Å². The van der Waals surface area contributed by atoms with Crippen LogP contribution in [0, 0.1) is 19.8 Å². The summed E-state index contributed by atoms with van der Waals surface area (Å²) in [6.45, 7) is 9.16. The second-order valence-electron chi connectivity index (χ2n) is 4.62. The van der Waals surface area contributed by atoms with Crippen LogP contribution in [0.2, 0.25) is 0 Å². The maximum atomic E-state index is 5.21. The molecule has 16 heavy (non-hydrogen) atoms. The third-order valence-electron chi connectivity index (χ3n) is 2.58. The zero-order valence-corrected chi connectivity index (χ0v) is 10.9. The number of rotatable bonds is 5. The van der Waals surface area contributed by atoms with Gasteiger partial charge in [0.2, 0.25) is 0 Å². The summed E-state index contributed by atoms with van der Waals surface area (Å²) in [4.78, 5) is 4.47. The van der Waals surface area contributed by atoms with Crippen LogP contribution >= 0.6 is 0 Å². The number of nitrogens with zero attached hydrogens (tertiary/aromatic N) is 1. The van der Waals surface area contributed by atoms with Gasteiger partial charge in [0.1, 0.15) is 5.82 Å². The van der Waals surface area contributed by atoms with Gasteiger partial charge in [0, 0.05) is 12.8 Å². The molecule has 0 aliphatic heterocycles. The highest BCUT2D eigenvalue weighted by molar-refractivity contribution is 5.40. The summed E-state index contributed by atoms with van der Waals surface area (Å²) in [5, 5.41) is 3.42. The van der Waals surface area contributed by atoms with E-state index in [1.54, 1.807) is 7.11 Å². The second-order valence-corrected chi connectivity index (χ2v) is 4.62. The molecule has 0 bridgehead atoms. The highest BCUT2D eigenvalue weighted by atomic mass is 16.5. The van der Waals surface area contributed by atoms with Crippen LogP contribution in [0.5, 0.6) is 0 Å². The SMILES string of the molecule is COCC(Nc1cc(C)cc(C)n1)C(C)C. The van der Waals surface area contributed by atoms with Crippen LogP contribution in [0.3, 0.4) is 0 Å². The quantitative estimate of drug-likeness (QED) is 0.831. The Kier molecular flexibility index (Phi) is 4.74. The van der Waals surface area contributed by atoms with Crippen molar-refractivity contribution in [3.05, 3.63) is 23.4 Å². The van der Waals surface area contributed by atoms with Crippen molar-refractivity contribution in [3.63, 3.8) is 0 Å². The molecule has 0 fully saturated rings. The van der Waals surface area contributed by atoms with Crippen molar-refractivity contribution in [2.75, 3.05) is 19.0 Å². The average molecular weight is 222 g/mol. The molecule has 1 heterocycles. The molecule has 3 nitrogen and oxygen atoms in total. The summed E-state index contributed by atoms with van der Waals surface area (Å²) in [5.41, 5.74) is 2.28. The monoisotopic (exact) mass is 222 g/mol. The Bertz CT molecular complexity index is 316. The van der Waals surface area contributed by atoms with Gasteiger partial charge in [-0.2, -0.15) is 0 Å². The number of ether oxygens (including phenoxy) is 1. The van der Waals surface area contributed by atoms with Gasteiger partial charge in [-0.15, -0.1) is 0 Å². The lowest BCUT2D eigenvalue weighted by atomic mass is 10.1. The Morgan fingerprint density at radius 2 is 2.00 bits per heavy atom. The maximum absolute atomic E-state index is 5.21. The molecule has 1 aromatic heterocycles. The van der Waals surface area contributed by atoms with Gasteiger partial charge in [-0.1, -0.05) is 13.8 Å². The molecule has 1 atom stereocenters. The lowest BCUT2D eigenvalue weighted by Crippen LogP contribution is -2.30. The summed E-state index contributed by atoms with van der Waals surface area (Å²) in [6, 6.07) is 4.45. The molecule has 90 valence electrons. The van der Waals surface area contributed by atoms with E-state index in [9.17, 15) is 0 Å². The summed E-state index contributed by atoms with van der Waals surface area (Å²) >= 11 is 0. The number of hydrogen-bond donors (Lipinski definition) is 1. The highest BCUT2D eigenvalue weighted by Gasteiger charge is 2.13. The zero-order valence-electron chi connectivity index (χ0n) is 10.9. The Hall–Kier alpha value is -1.09. The minimum Gasteiger partial charge on any atom is -0.383 e. The van der Waals surface area contributed by atoms with E-state index in [-0.39, 0.29) is 0 Å². The van der Waals surface area contributed by atoms with Crippen LogP contribution < -0.4 is 5.32 Å². The minimum atomic E-state index is 0.304. The number of hydrogen-bond acceptors (Lipinski definition) is 3. The normalized spacial score (nSPS) is 12.9. The first-order chi connectivity index (χ1) is 7.52. The summed E-state index contributed by atoms with van der Waals surface area (Å²) in [7, 11) is 1.73. The first kappa shape index (κ1) is 13.0. The van der Waals surface area contributed by atoms with E-state index in [4.69, 9.17) is 4.74 Å². The first-order valence-corrected chi connectivity index (χ1v) is 5.73. The summed E-state index contributed by atoms with van der Waals surface area (Å²) < 4.78 is 5.21. The van der Waals surface area contributed by atoms with E-state index in [0.29, 0.717) is 18.6 Å². The van der Waals surface area contributed by atoms with Crippen molar-refractivity contribution >= 4 is 5.82 Å². The molecule has 0 aliphatic carbocycles. The lowest BCUT2D eigenvalue weighted by molar-refractivity contribution is 0.171. The molecular weight excluding hydrogens is 200 g/mol.